The molecule has 0 N–H and O–H groups in total. The van der Waals surface area contributed by atoms with Crippen molar-refractivity contribution in [2.45, 2.75) is 51.4 Å². The molecule has 6 rings (SSSR count). The van der Waals surface area contributed by atoms with E-state index in [-0.39, 0.29) is 23.9 Å². The second kappa shape index (κ2) is 6.11. The highest BCUT2D eigenvalue weighted by molar-refractivity contribution is 5.97. The molecule has 1 amide bonds. The Morgan fingerprint density at radius 3 is 2.38 bits per heavy atom. The molecule has 4 nitrogen and oxygen atoms in total. The van der Waals surface area contributed by atoms with Crippen LogP contribution < -0.4 is 4.90 Å². The predicted octanol–water partition coefficient (Wildman–Crippen LogP) is 3.73. The standard InChI is InChI=1S/C22H27NO3/c24-20(23-6-5-18-3-1-2-4-19(18)23)14-26-21(25)13-22-10-15-7-16(11-22)9-17(8-15)12-22/h1-4,15-17H,5-14H2. The van der Waals surface area contributed by atoms with Crippen LogP contribution in [0.2, 0.25) is 0 Å². The largest absolute Gasteiger partial charge is 0.456 e. The highest BCUT2D eigenvalue weighted by Crippen LogP contribution is 2.61. The fraction of sp³-hybridized carbons (Fsp3) is 0.636. The molecule has 0 aromatic heterocycles. The number of hydrogen-bond donors (Lipinski definition) is 0. The van der Waals surface area contributed by atoms with Crippen molar-refractivity contribution in [2.24, 2.45) is 23.2 Å². The van der Waals surface area contributed by atoms with Gasteiger partial charge in [0, 0.05) is 12.2 Å². The molecular formula is C22H27NO3. The van der Waals surface area contributed by atoms with Crippen LogP contribution in [0.25, 0.3) is 0 Å². The minimum Gasteiger partial charge on any atom is -0.456 e. The van der Waals surface area contributed by atoms with Crippen LogP contribution in [0.1, 0.15) is 50.5 Å². The van der Waals surface area contributed by atoms with E-state index in [0.717, 1.165) is 29.9 Å². The smallest absolute Gasteiger partial charge is 0.306 e. The molecule has 1 aliphatic heterocycles. The molecule has 138 valence electrons. The third-order valence-electron chi connectivity index (χ3n) is 7.23. The average Bonchev–Trinajstić information content (AvgIpc) is 3.02. The molecule has 26 heavy (non-hydrogen) atoms. The van der Waals surface area contributed by atoms with Crippen LogP contribution in [0, 0.1) is 23.2 Å². The summed E-state index contributed by atoms with van der Waals surface area (Å²) in [4.78, 5) is 26.8. The monoisotopic (exact) mass is 353 g/mol. The van der Waals surface area contributed by atoms with Crippen molar-refractivity contribution in [3.05, 3.63) is 29.8 Å². The van der Waals surface area contributed by atoms with Crippen molar-refractivity contribution < 1.29 is 14.3 Å². The Labute approximate surface area is 154 Å². The van der Waals surface area contributed by atoms with Gasteiger partial charge in [0.05, 0.1) is 6.42 Å². The van der Waals surface area contributed by atoms with Crippen LogP contribution in [-0.2, 0) is 20.7 Å². The minimum absolute atomic E-state index is 0.103. The first-order valence-corrected chi connectivity index (χ1v) is 10.1. The number of esters is 1. The lowest BCUT2D eigenvalue weighted by molar-refractivity contribution is -0.155. The maximum Gasteiger partial charge on any atom is 0.306 e. The zero-order valence-electron chi connectivity index (χ0n) is 15.3. The second-order valence-corrected chi connectivity index (χ2v) is 9.18. The van der Waals surface area contributed by atoms with E-state index in [2.05, 4.69) is 6.07 Å². The number of carbonyl (C=O) groups is 2. The molecule has 4 saturated carbocycles. The van der Waals surface area contributed by atoms with Crippen molar-refractivity contribution in [2.75, 3.05) is 18.1 Å². The summed E-state index contributed by atoms with van der Waals surface area (Å²) in [7, 11) is 0. The van der Waals surface area contributed by atoms with Gasteiger partial charge in [-0.15, -0.1) is 0 Å². The molecule has 4 heteroatoms. The Balaban J connectivity index is 1.18. The van der Waals surface area contributed by atoms with E-state index in [0.29, 0.717) is 13.0 Å². The summed E-state index contributed by atoms with van der Waals surface area (Å²) in [6.07, 6.45) is 9.11. The normalized spacial score (nSPS) is 34.0. The molecular weight excluding hydrogens is 326 g/mol. The summed E-state index contributed by atoms with van der Waals surface area (Å²) >= 11 is 0. The number of anilines is 1. The maximum atomic E-state index is 12.5. The van der Waals surface area contributed by atoms with Crippen molar-refractivity contribution in [3.63, 3.8) is 0 Å². The summed E-state index contributed by atoms with van der Waals surface area (Å²) < 4.78 is 5.44. The fourth-order valence-electron chi connectivity index (χ4n) is 6.68. The Hall–Kier alpha value is -1.84. The van der Waals surface area contributed by atoms with E-state index < -0.39 is 0 Å². The highest BCUT2D eigenvalue weighted by Gasteiger charge is 2.51. The first kappa shape index (κ1) is 16.3. The molecule has 1 aromatic carbocycles. The Morgan fingerprint density at radius 2 is 1.69 bits per heavy atom. The first-order valence-electron chi connectivity index (χ1n) is 10.1. The molecule has 0 radical (unpaired) electrons. The number of carbonyl (C=O) groups excluding carboxylic acids is 2. The topological polar surface area (TPSA) is 46.6 Å². The second-order valence-electron chi connectivity index (χ2n) is 9.18. The van der Waals surface area contributed by atoms with Crippen LogP contribution in [0.3, 0.4) is 0 Å². The SMILES string of the molecule is O=C(CC12CC3CC(CC(C3)C1)C2)OCC(=O)N1CCc2ccccc21. The number of nitrogens with zero attached hydrogens (tertiary/aromatic N) is 1. The van der Waals surface area contributed by atoms with Gasteiger partial charge in [-0.05, 0) is 79.7 Å². The fourth-order valence-corrected chi connectivity index (χ4v) is 6.68. The molecule has 5 aliphatic rings. The number of amides is 1. The predicted molar refractivity (Wildman–Crippen MR) is 98.7 cm³/mol. The van der Waals surface area contributed by atoms with Crippen LogP contribution in [0.15, 0.2) is 24.3 Å². The molecule has 0 spiro atoms. The molecule has 4 fully saturated rings. The van der Waals surface area contributed by atoms with Crippen molar-refractivity contribution in [1.29, 1.82) is 0 Å². The third kappa shape index (κ3) is 2.83. The lowest BCUT2D eigenvalue weighted by Crippen LogP contribution is -2.47. The Morgan fingerprint density at radius 1 is 1.04 bits per heavy atom. The van der Waals surface area contributed by atoms with E-state index in [9.17, 15) is 9.59 Å². The molecule has 4 bridgehead atoms. The van der Waals surface area contributed by atoms with E-state index in [4.69, 9.17) is 4.74 Å². The molecule has 1 heterocycles. The Kier molecular flexibility index (Phi) is 3.84. The zero-order chi connectivity index (χ0) is 17.7. The number of fused-ring (bicyclic) bond motifs is 1. The molecule has 0 saturated heterocycles. The van der Waals surface area contributed by atoms with Crippen molar-refractivity contribution in [1.82, 2.24) is 0 Å². The third-order valence-corrected chi connectivity index (χ3v) is 7.23. The van der Waals surface area contributed by atoms with E-state index >= 15 is 0 Å². The van der Waals surface area contributed by atoms with E-state index in [1.165, 1.54) is 44.1 Å². The van der Waals surface area contributed by atoms with Gasteiger partial charge in [-0.1, -0.05) is 18.2 Å². The number of rotatable bonds is 4. The summed E-state index contributed by atoms with van der Waals surface area (Å²) in [6, 6.07) is 7.97. The lowest BCUT2D eigenvalue weighted by atomic mass is 9.49. The minimum atomic E-state index is -0.173. The van der Waals surface area contributed by atoms with Crippen LogP contribution in [0.4, 0.5) is 5.69 Å². The van der Waals surface area contributed by atoms with Crippen LogP contribution >= 0.6 is 0 Å². The first-order chi connectivity index (χ1) is 12.6. The summed E-state index contributed by atoms with van der Waals surface area (Å²) in [5.41, 5.74) is 2.34. The molecule has 4 aliphatic carbocycles. The van der Waals surface area contributed by atoms with Gasteiger partial charge >= 0.3 is 5.97 Å². The number of hydrogen-bond acceptors (Lipinski definition) is 3. The van der Waals surface area contributed by atoms with Gasteiger partial charge in [0.2, 0.25) is 0 Å². The lowest BCUT2D eigenvalue weighted by Gasteiger charge is -2.56. The van der Waals surface area contributed by atoms with Gasteiger partial charge in [-0.2, -0.15) is 0 Å². The van der Waals surface area contributed by atoms with Gasteiger partial charge in [0.25, 0.3) is 5.91 Å². The van der Waals surface area contributed by atoms with Crippen LogP contribution in [0.5, 0.6) is 0 Å². The molecule has 0 unspecified atom stereocenters. The van der Waals surface area contributed by atoms with Gasteiger partial charge in [0.15, 0.2) is 6.61 Å². The van der Waals surface area contributed by atoms with Crippen molar-refractivity contribution in [3.8, 4) is 0 Å². The summed E-state index contributed by atoms with van der Waals surface area (Å²) in [6.45, 7) is 0.560. The molecule has 0 atom stereocenters. The zero-order valence-corrected chi connectivity index (χ0v) is 15.3. The Bertz CT molecular complexity index is 705. The average molecular weight is 353 g/mol. The molecule has 1 aromatic rings. The van der Waals surface area contributed by atoms with Gasteiger partial charge in [0.1, 0.15) is 0 Å². The van der Waals surface area contributed by atoms with Crippen LogP contribution in [-0.4, -0.2) is 25.0 Å². The van der Waals surface area contributed by atoms with Gasteiger partial charge < -0.3 is 9.64 Å². The maximum absolute atomic E-state index is 12.5. The highest BCUT2D eigenvalue weighted by atomic mass is 16.5. The quantitative estimate of drug-likeness (QED) is 0.775. The van der Waals surface area contributed by atoms with E-state index in [1.54, 1.807) is 4.90 Å². The van der Waals surface area contributed by atoms with E-state index in [1.807, 2.05) is 18.2 Å². The number of benzene rings is 1. The van der Waals surface area contributed by atoms with Gasteiger partial charge in [-0.3, -0.25) is 9.59 Å². The number of ether oxygens (including phenoxy) is 1. The van der Waals surface area contributed by atoms with Crippen molar-refractivity contribution >= 4 is 17.6 Å². The summed E-state index contributed by atoms with van der Waals surface area (Å²) in [5, 5.41) is 0. The number of para-hydroxylation sites is 1. The van der Waals surface area contributed by atoms with Gasteiger partial charge in [-0.25, -0.2) is 0 Å². The summed E-state index contributed by atoms with van der Waals surface area (Å²) in [5.74, 6) is 2.21.